The quantitative estimate of drug-likeness (QED) is 0.499. The number of benzene rings is 2. The smallest absolute Gasteiger partial charge is 0.271 e. The van der Waals surface area contributed by atoms with Gasteiger partial charge in [-0.25, -0.2) is 0 Å². The summed E-state index contributed by atoms with van der Waals surface area (Å²) in [7, 11) is 0. The largest absolute Gasteiger partial charge is 0.507 e. The molecule has 0 atom stereocenters. The van der Waals surface area contributed by atoms with Crippen molar-refractivity contribution in [2.75, 3.05) is 5.32 Å². The fourth-order valence-corrected chi connectivity index (χ4v) is 2.94. The van der Waals surface area contributed by atoms with E-state index in [-0.39, 0.29) is 38.5 Å². The molecule has 2 rings (SSSR count). The normalized spacial score (nSPS) is 12.0. The first-order valence-corrected chi connectivity index (χ1v) is 9.23. The number of halogens is 1. The van der Waals surface area contributed by atoms with Gasteiger partial charge >= 0.3 is 0 Å². The predicted octanol–water partition coefficient (Wildman–Crippen LogP) is 5.80. The molecule has 1 amide bonds. The number of non-ortho nitro benzene ring substituents is 1. The maximum Gasteiger partial charge on any atom is 0.271 e. The summed E-state index contributed by atoms with van der Waals surface area (Å²) in [5.74, 6) is -0.624. The summed E-state index contributed by atoms with van der Waals surface area (Å²) in [5.41, 5.74) is 1.17. The molecule has 0 saturated heterocycles. The minimum atomic E-state index is -0.564. The van der Waals surface area contributed by atoms with Crippen LogP contribution < -0.4 is 5.32 Å². The molecule has 150 valence electrons. The zero-order valence-corrected chi connectivity index (χ0v) is 17.6. The Morgan fingerprint density at radius 2 is 1.68 bits per heavy atom. The van der Waals surface area contributed by atoms with Gasteiger partial charge in [0.05, 0.1) is 21.2 Å². The van der Waals surface area contributed by atoms with Crippen molar-refractivity contribution in [2.45, 2.75) is 52.4 Å². The van der Waals surface area contributed by atoms with Crippen molar-refractivity contribution in [3.05, 3.63) is 62.2 Å². The zero-order valence-electron chi connectivity index (χ0n) is 16.9. The Balaban J connectivity index is 2.52. The van der Waals surface area contributed by atoms with E-state index in [1.807, 2.05) is 47.6 Å². The number of anilines is 1. The van der Waals surface area contributed by atoms with Crippen molar-refractivity contribution >= 4 is 28.9 Å². The van der Waals surface area contributed by atoms with E-state index in [4.69, 9.17) is 11.6 Å². The monoisotopic (exact) mass is 404 g/mol. The van der Waals surface area contributed by atoms with E-state index in [1.165, 1.54) is 18.2 Å². The van der Waals surface area contributed by atoms with Gasteiger partial charge in [-0.1, -0.05) is 59.2 Å². The Labute approximate surface area is 169 Å². The van der Waals surface area contributed by atoms with E-state index in [0.717, 1.165) is 5.56 Å². The number of phenolic OH excluding ortho intramolecular Hbond substituents is 1. The maximum absolute atomic E-state index is 12.9. The second kappa shape index (κ2) is 7.43. The molecule has 0 fully saturated rings. The molecule has 0 bridgehead atoms. The molecule has 0 unspecified atom stereocenters. The number of nitrogens with zero attached hydrogens (tertiary/aromatic N) is 1. The molecule has 0 aromatic heterocycles. The van der Waals surface area contributed by atoms with Crippen LogP contribution in [0.1, 0.15) is 63.0 Å². The molecular formula is C21H25ClN2O4. The van der Waals surface area contributed by atoms with Crippen LogP contribution in [0.3, 0.4) is 0 Å². The average molecular weight is 405 g/mol. The van der Waals surface area contributed by atoms with Crippen LogP contribution >= 0.6 is 11.6 Å². The SMILES string of the molecule is CC(C)(C)c1cc(C(=O)Nc2ccc([N+](=O)[O-])cc2Cl)c(O)c(C(C)(C)C)c1. The van der Waals surface area contributed by atoms with Crippen LogP contribution in [0.25, 0.3) is 0 Å². The molecule has 7 heteroatoms. The highest BCUT2D eigenvalue weighted by Crippen LogP contribution is 2.38. The molecule has 2 N–H and O–H groups in total. The van der Waals surface area contributed by atoms with Crippen LogP contribution in [0.4, 0.5) is 11.4 Å². The van der Waals surface area contributed by atoms with E-state index >= 15 is 0 Å². The molecule has 2 aromatic carbocycles. The first-order valence-electron chi connectivity index (χ1n) is 8.85. The van der Waals surface area contributed by atoms with Gasteiger partial charge in [0.2, 0.25) is 0 Å². The van der Waals surface area contributed by atoms with Gasteiger partial charge in [-0.2, -0.15) is 0 Å². The Hall–Kier alpha value is -2.60. The van der Waals surface area contributed by atoms with E-state index in [9.17, 15) is 20.0 Å². The summed E-state index contributed by atoms with van der Waals surface area (Å²) >= 11 is 6.07. The van der Waals surface area contributed by atoms with Crippen LogP contribution in [-0.2, 0) is 10.8 Å². The van der Waals surface area contributed by atoms with E-state index in [1.54, 1.807) is 6.07 Å². The molecule has 0 spiro atoms. The van der Waals surface area contributed by atoms with E-state index < -0.39 is 10.8 Å². The number of aromatic hydroxyl groups is 1. The third kappa shape index (κ3) is 4.62. The average Bonchev–Trinajstić information content (AvgIpc) is 2.54. The number of nitrogens with one attached hydrogen (secondary N) is 1. The van der Waals surface area contributed by atoms with Crippen molar-refractivity contribution in [2.24, 2.45) is 0 Å². The summed E-state index contributed by atoms with van der Waals surface area (Å²) in [6.07, 6.45) is 0. The van der Waals surface area contributed by atoms with E-state index in [0.29, 0.717) is 5.56 Å². The van der Waals surface area contributed by atoms with Crippen LogP contribution in [0, 0.1) is 10.1 Å². The molecule has 0 radical (unpaired) electrons. The molecule has 2 aromatic rings. The summed E-state index contributed by atoms with van der Waals surface area (Å²) in [4.78, 5) is 23.2. The fraction of sp³-hybridized carbons (Fsp3) is 0.381. The highest BCUT2D eigenvalue weighted by molar-refractivity contribution is 6.34. The summed E-state index contributed by atoms with van der Waals surface area (Å²) in [6.45, 7) is 12.0. The molecular weight excluding hydrogens is 380 g/mol. The standard InChI is InChI=1S/C21H25ClN2O4/c1-20(2,3)12-9-14(18(25)15(10-12)21(4,5)6)19(26)23-17-8-7-13(24(27)28)11-16(17)22/h7-11,25H,1-6H3,(H,23,26). The van der Waals surface area contributed by atoms with Crippen molar-refractivity contribution in [1.82, 2.24) is 0 Å². The van der Waals surface area contributed by atoms with Crippen molar-refractivity contribution < 1.29 is 14.8 Å². The first kappa shape index (κ1) is 21.7. The predicted molar refractivity (Wildman–Crippen MR) is 112 cm³/mol. The van der Waals surface area contributed by atoms with Gasteiger partial charge in [-0.05, 0) is 28.5 Å². The number of carbonyl (C=O) groups excluding carboxylic acids is 1. The van der Waals surface area contributed by atoms with Crippen molar-refractivity contribution in [1.29, 1.82) is 0 Å². The highest BCUT2D eigenvalue weighted by atomic mass is 35.5. The number of amides is 1. The number of rotatable bonds is 3. The second-order valence-corrected chi connectivity index (χ2v) is 9.20. The number of carbonyl (C=O) groups is 1. The molecule has 0 saturated carbocycles. The molecule has 0 aliphatic carbocycles. The highest BCUT2D eigenvalue weighted by Gasteiger charge is 2.27. The van der Waals surface area contributed by atoms with Crippen LogP contribution in [0.2, 0.25) is 5.02 Å². The lowest BCUT2D eigenvalue weighted by Gasteiger charge is -2.27. The second-order valence-electron chi connectivity index (χ2n) is 8.80. The van der Waals surface area contributed by atoms with Gasteiger partial charge in [0.1, 0.15) is 5.75 Å². The minimum absolute atomic E-state index is 0.0464. The van der Waals surface area contributed by atoms with Gasteiger partial charge in [-0.15, -0.1) is 0 Å². The van der Waals surface area contributed by atoms with Crippen LogP contribution in [0.5, 0.6) is 5.75 Å². The molecule has 28 heavy (non-hydrogen) atoms. The van der Waals surface area contributed by atoms with Crippen LogP contribution in [0.15, 0.2) is 30.3 Å². The van der Waals surface area contributed by atoms with Gasteiger partial charge in [-0.3, -0.25) is 14.9 Å². The lowest BCUT2D eigenvalue weighted by atomic mass is 9.79. The fourth-order valence-electron chi connectivity index (χ4n) is 2.72. The number of hydrogen-bond donors (Lipinski definition) is 2. The topological polar surface area (TPSA) is 92.5 Å². The van der Waals surface area contributed by atoms with Gasteiger partial charge in [0.15, 0.2) is 0 Å². The van der Waals surface area contributed by atoms with E-state index in [2.05, 4.69) is 5.32 Å². The Morgan fingerprint density at radius 3 is 2.14 bits per heavy atom. The number of hydrogen-bond acceptors (Lipinski definition) is 4. The third-order valence-electron chi connectivity index (χ3n) is 4.44. The van der Waals surface area contributed by atoms with Gasteiger partial charge in [0.25, 0.3) is 11.6 Å². The van der Waals surface area contributed by atoms with Gasteiger partial charge < -0.3 is 10.4 Å². The molecule has 0 heterocycles. The molecule has 0 aliphatic heterocycles. The lowest BCUT2D eigenvalue weighted by molar-refractivity contribution is -0.384. The zero-order chi connectivity index (χ0) is 21.4. The summed E-state index contributed by atoms with van der Waals surface area (Å²) < 4.78 is 0. The Morgan fingerprint density at radius 1 is 1.07 bits per heavy atom. The molecule has 0 aliphatic rings. The lowest BCUT2D eigenvalue weighted by Crippen LogP contribution is -2.20. The maximum atomic E-state index is 12.9. The summed E-state index contributed by atoms with van der Waals surface area (Å²) in [6, 6.07) is 7.38. The Bertz CT molecular complexity index is 941. The number of phenols is 1. The van der Waals surface area contributed by atoms with Crippen molar-refractivity contribution in [3.63, 3.8) is 0 Å². The third-order valence-corrected chi connectivity index (χ3v) is 4.75. The molecule has 6 nitrogen and oxygen atoms in total. The first-order chi connectivity index (χ1) is 12.7. The summed E-state index contributed by atoms with van der Waals surface area (Å²) in [5, 5.41) is 24.3. The number of nitro groups is 1. The Kier molecular flexibility index (Phi) is 5.76. The minimum Gasteiger partial charge on any atom is -0.507 e. The van der Waals surface area contributed by atoms with Crippen LogP contribution in [-0.4, -0.2) is 15.9 Å². The van der Waals surface area contributed by atoms with Crippen molar-refractivity contribution in [3.8, 4) is 5.75 Å². The number of nitro benzene ring substituents is 1. The van der Waals surface area contributed by atoms with Gasteiger partial charge in [0, 0.05) is 17.7 Å².